The van der Waals surface area contributed by atoms with Crippen LogP contribution in [0.2, 0.25) is 0 Å². The van der Waals surface area contributed by atoms with Crippen molar-refractivity contribution in [1.82, 2.24) is 15.0 Å². The summed E-state index contributed by atoms with van der Waals surface area (Å²) in [6.07, 6.45) is 4.32. The molecule has 1 aliphatic rings. The number of aromatic nitrogens is 3. The molecular formula is C17H23N5. The second-order valence-electron chi connectivity index (χ2n) is 6.06. The van der Waals surface area contributed by atoms with Gasteiger partial charge in [0.05, 0.1) is 12.2 Å². The van der Waals surface area contributed by atoms with Gasteiger partial charge in [-0.2, -0.15) is 4.98 Å². The average molecular weight is 297 g/mol. The molecule has 0 saturated carbocycles. The van der Waals surface area contributed by atoms with Crippen LogP contribution in [0.3, 0.4) is 0 Å². The van der Waals surface area contributed by atoms with Crippen molar-refractivity contribution < 1.29 is 0 Å². The zero-order valence-corrected chi connectivity index (χ0v) is 13.3. The van der Waals surface area contributed by atoms with Gasteiger partial charge in [-0.3, -0.25) is 4.98 Å². The van der Waals surface area contributed by atoms with Crippen molar-refractivity contribution in [2.24, 2.45) is 5.92 Å². The molecule has 1 saturated heterocycles. The van der Waals surface area contributed by atoms with Gasteiger partial charge in [0.25, 0.3) is 0 Å². The topological polar surface area (TPSA) is 53.9 Å². The van der Waals surface area contributed by atoms with E-state index in [4.69, 9.17) is 0 Å². The zero-order valence-electron chi connectivity index (χ0n) is 13.3. The zero-order chi connectivity index (χ0) is 15.4. The van der Waals surface area contributed by atoms with Crippen LogP contribution in [-0.4, -0.2) is 28.0 Å². The van der Waals surface area contributed by atoms with Crippen molar-refractivity contribution in [2.45, 2.75) is 33.2 Å². The van der Waals surface area contributed by atoms with E-state index in [-0.39, 0.29) is 0 Å². The van der Waals surface area contributed by atoms with E-state index < -0.39 is 0 Å². The lowest BCUT2D eigenvalue weighted by molar-refractivity contribution is 0.442. The molecular weight excluding hydrogens is 274 g/mol. The number of aryl methyl sites for hydroxylation is 1. The van der Waals surface area contributed by atoms with Crippen LogP contribution in [0.1, 0.15) is 31.2 Å². The van der Waals surface area contributed by atoms with Gasteiger partial charge in [0.1, 0.15) is 5.82 Å². The Morgan fingerprint density at radius 1 is 1.32 bits per heavy atom. The van der Waals surface area contributed by atoms with E-state index in [1.165, 1.54) is 12.8 Å². The summed E-state index contributed by atoms with van der Waals surface area (Å²) < 4.78 is 0. The fraction of sp³-hybridized carbons (Fsp3) is 0.471. The van der Waals surface area contributed by atoms with Crippen molar-refractivity contribution in [2.75, 3.05) is 23.3 Å². The molecule has 2 aromatic heterocycles. The minimum atomic E-state index is 0.674. The lowest BCUT2D eigenvalue weighted by Gasteiger charge is -2.31. The molecule has 0 radical (unpaired) electrons. The maximum atomic E-state index is 4.68. The van der Waals surface area contributed by atoms with Crippen LogP contribution < -0.4 is 10.2 Å². The quantitative estimate of drug-likeness (QED) is 0.940. The molecule has 3 rings (SSSR count). The third-order valence-electron chi connectivity index (χ3n) is 3.96. The van der Waals surface area contributed by atoms with Gasteiger partial charge in [0, 0.05) is 31.0 Å². The number of hydrogen-bond donors (Lipinski definition) is 1. The Hall–Kier alpha value is -2.17. The summed E-state index contributed by atoms with van der Waals surface area (Å²) >= 11 is 0. The molecule has 0 aromatic carbocycles. The van der Waals surface area contributed by atoms with E-state index in [2.05, 4.69) is 32.1 Å². The van der Waals surface area contributed by atoms with Crippen LogP contribution in [0.15, 0.2) is 30.5 Å². The summed E-state index contributed by atoms with van der Waals surface area (Å²) in [4.78, 5) is 15.9. The van der Waals surface area contributed by atoms with Gasteiger partial charge < -0.3 is 10.2 Å². The molecule has 5 nitrogen and oxygen atoms in total. The fourth-order valence-corrected chi connectivity index (χ4v) is 2.84. The van der Waals surface area contributed by atoms with E-state index >= 15 is 0 Å². The van der Waals surface area contributed by atoms with Gasteiger partial charge in [-0.1, -0.05) is 13.0 Å². The molecule has 1 N–H and O–H groups in total. The van der Waals surface area contributed by atoms with E-state index in [1.807, 2.05) is 37.4 Å². The Kier molecular flexibility index (Phi) is 4.51. The maximum absolute atomic E-state index is 4.68. The SMILES string of the molecule is Cc1cc(NCc2ccccn2)nc(N2CCCC(C)C2)n1. The monoisotopic (exact) mass is 297 g/mol. The third kappa shape index (κ3) is 3.72. The third-order valence-corrected chi connectivity index (χ3v) is 3.96. The molecule has 2 aromatic rings. The Balaban J connectivity index is 1.72. The lowest BCUT2D eigenvalue weighted by Crippen LogP contribution is -2.35. The van der Waals surface area contributed by atoms with Gasteiger partial charge in [0.15, 0.2) is 0 Å². The summed E-state index contributed by atoms with van der Waals surface area (Å²) in [6, 6.07) is 7.91. The van der Waals surface area contributed by atoms with Crippen molar-refractivity contribution >= 4 is 11.8 Å². The van der Waals surface area contributed by atoms with Crippen LogP contribution in [0.5, 0.6) is 0 Å². The minimum Gasteiger partial charge on any atom is -0.364 e. The number of nitrogens with zero attached hydrogens (tertiary/aromatic N) is 4. The van der Waals surface area contributed by atoms with Gasteiger partial charge in [-0.25, -0.2) is 4.98 Å². The lowest BCUT2D eigenvalue weighted by atomic mass is 10.0. The smallest absolute Gasteiger partial charge is 0.227 e. The maximum Gasteiger partial charge on any atom is 0.227 e. The molecule has 5 heteroatoms. The highest BCUT2D eigenvalue weighted by Crippen LogP contribution is 2.21. The molecule has 0 spiro atoms. The average Bonchev–Trinajstić information content (AvgIpc) is 2.53. The van der Waals surface area contributed by atoms with E-state index in [0.717, 1.165) is 36.2 Å². The highest BCUT2D eigenvalue weighted by Gasteiger charge is 2.19. The summed E-state index contributed by atoms with van der Waals surface area (Å²) in [5.41, 5.74) is 2.00. The van der Waals surface area contributed by atoms with Crippen LogP contribution >= 0.6 is 0 Å². The number of hydrogen-bond acceptors (Lipinski definition) is 5. The van der Waals surface area contributed by atoms with E-state index in [0.29, 0.717) is 12.5 Å². The van der Waals surface area contributed by atoms with Crippen molar-refractivity contribution in [1.29, 1.82) is 0 Å². The first-order valence-electron chi connectivity index (χ1n) is 7.95. The largest absolute Gasteiger partial charge is 0.364 e. The molecule has 1 aliphatic heterocycles. The number of nitrogens with one attached hydrogen (secondary N) is 1. The number of anilines is 2. The molecule has 0 amide bonds. The summed E-state index contributed by atoms with van der Waals surface area (Å²) in [5, 5.41) is 3.35. The van der Waals surface area contributed by atoms with E-state index in [9.17, 15) is 0 Å². The second-order valence-corrected chi connectivity index (χ2v) is 6.06. The number of pyridine rings is 1. The molecule has 0 aliphatic carbocycles. The van der Waals surface area contributed by atoms with Crippen LogP contribution in [0.25, 0.3) is 0 Å². The first-order chi connectivity index (χ1) is 10.7. The molecule has 1 fully saturated rings. The van der Waals surface area contributed by atoms with Gasteiger partial charge in [-0.05, 0) is 37.8 Å². The van der Waals surface area contributed by atoms with Gasteiger partial charge >= 0.3 is 0 Å². The Morgan fingerprint density at radius 3 is 3.00 bits per heavy atom. The Morgan fingerprint density at radius 2 is 2.23 bits per heavy atom. The minimum absolute atomic E-state index is 0.674. The van der Waals surface area contributed by atoms with Gasteiger partial charge in [-0.15, -0.1) is 0 Å². The van der Waals surface area contributed by atoms with Crippen molar-refractivity contribution in [3.05, 3.63) is 41.9 Å². The molecule has 116 valence electrons. The Labute approximate surface area is 131 Å². The van der Waals surface area contributed by atoms with E-state index in [1.54, 1.807) is 0 Å². The van der Waals surface area contributed by atoms with Crippen LogP contribution in [0.4, 0.5) is 11.8 Å². The van der Waals surface area contributed by atoms with Crippen LogP contribution in [0, 0.1) is 12.8 Å². The number of rotatable bonds is 4. The number of piperidine rings is 1. The Bertz CT molecular complexity index is 614. The predicted octanol–water partition coefficient (Wildman–Crippen LogP) is 3.03. The molecule has 3 heterocycles. The molecule has 1 atom stereocenters. The second kappa shape index (κ2) is 6.73. The summed E-state index contributed by atoms with van der Waals surface area (Å²) in [5.74, 6) is 2.42. The first-order valence-corrected chi connectivity index (χ1v) is 7.95. The highest BCUT2D eigenvalue weighted by molar-refractivity contribution is 5.44. The molecule has 22 heavy (non-hydrogen) atoms. The summed E-state index contributed by atoms with van der Waals surface area (Å²) in [7, 11) is 0. The first kappa shape index (κ1) is 14.8. The van der Waals surface area contributed by atoms with Crippen molar-refractivity contribution in [3.63, 3.8) is 0 Å². The van der Waals surface area contributed by atoms with Crippen molar-refractivity contribution in [3.8, 4) is 0 Å². The standard InChI is InChI=1S/C17H23N5/c1-13-6-5-9-22(12-13)17-20-14(2)10-16(21-17)19-11-15-7-3-4-8-18-15/h3-4,7-8,10,13H,5-6,9,11-12H2,1-2H3,(H,19,20,21). The normalized spacial score (nSPS) is 18.3. The predicted molar refractivity (Wildman–Crippen MR) is 88.9 cm³/mol. The molecule has 1 unspecified atom stereocenters. The molecule has 0 bridgehead atoms. The van der Waals surface area contributed by atoms with Gasteiger partial charge in [0.2, 0.25) is 5.95 Å². The summed E-state index contributed by atoms with van der Waals surface area (Å²) in [6.45, 7) is 7.08. The fourth-order valence-electron chi connectivity index (χ4n) is 2.84. The van der Waals surface area contributed by atoms with Crippen LogP contribution in [-0.2, 0) is 6.54 Å². The highest BCUT2D eigenvalue weighted by atomic mass is 15.3.